The van der Waals surface area contributed by atoms with Gasteiger partial charge < -0.3 is 9.47 Å². The predicted octanol–water partition coefficient (Wildman–Crippen LogP) is 5.73. The minimum Gasteiger partial charge on any atom is -0.493 e. The van der Waals surface area contributed by atoms with Crippen LogP contribution in [0.3, 0.4) is 0 Å². The van der Waals surface area contributed by atoms with Crippen LogP contribution >= 0.6 is 27.3 Å². The lowest BCUT2D eigenvalue weighted by Gasteiger charge is -2.11. The first kappa shape index (κ1) is 19.4. The second kappa shape index (κ2) is 9.01. The van der Waals surface area contributed by atoms with Crippen LogP contribution in [0.4, 0.5) is 5.13 Å². The molecule has 0 aliphatic carbocycles. The molecule has 0 fully saturated rings. The Hall–Kier alpha value is -2.38. The third kappa shape index (κ3) is 4.87. The van der Waals surface area contributed by atoms with Gasteiger partial charge in [0.25, 0.3) is 0 Å². The van der Waals surface area contributed by atoms with E-state index in [4.69, 9.17) is 9.47 Å². The first-order valence-corrected chi connectivity index (χ1v) is 10.1. The fraction of sp³-hybridized carbons (Fsp3) is 0.200. The van der Waals surface area contributed by atoms with E-state index in [1.807, 2.05) is 24.4 Å². The van der Waals surface area contributed by atoms with E-state index in [1.54, 1.807) is 13.3 Å². The topological polar surface area (TPSA) is 55.7 Å². The largest absolute Gasteiger partial charge is 0.493 e. The van der Waals surface area contributed by atoms with E-state index in [9.17, 15) is 0 Å². The second-order valence-corrected chi connectivity index (χ2v) is 7.45. The lowest BCUT2D eigenvalue weighted by molar-refractivity contribution is 0.309. The van der Waals surface area contributed by atoms with Gasteiger partial charge >= 0.3 is 0 Å². The summed E-state index contributed by atoms with van der Waals surface area (Å²) < 4.78 is 11.8. The summed E-state index contributed by atoms with van der Waals surface area (Å²) in [4.78, 5) is 4.57. The Balaban J connectivity index is 1.71. The molecule has 0 spiro atoms. The van der Waals surface area contributed by atoms with Crippen molar-refractivity contribution in [2.24, 2.45) is 5.10 Å². The van der Waals surface area contributed by atoms with Crippen molar-refractivity contribution in [3.8, 4) is 22.8 Å². The number of benzene rings is 2. The van der Waals surface area contributed by atoms with Crippen molar-refractivity contribution in [3.63, 3.8) is 0 Å². The molecule has 0 unspecified atom stereocenters. The number of nitrogens with one attached hydrogen (secondary N) is 1. The average Bonchev–Trinajstić information content (AvgIpc) is 3.13. The first-order valence-electron chi connectivity index (χ1n) is 8.42. The van der Waals surface area contributed by atoms with Gasteiger partial charge in [0.05, 0.1) is 30.1 Å². The van der Waals surface area contributed by atoms with Crippen LogP contribution < -0.4 is 14.9 Å². The summed E-state index contributed by atoms with van der Waals surface area (Å²) >= 11 is 5.03. The molecule has 0 aliphatic heterocycles. The molecule has 0 saturated heterocycles. The second-order valence-electron chi connectivity index (χ2n) is 5.74. The fourth-order valence-electron chi connectivity index (χ4n) is 2.44. The van der Waals surface area contributed by atoms with Crippen LogP contribution in [0.2, 0.25) is 0 Å². The van der Waals surface area contributed by atoms with Crippen LogP contribution in [0, 0.1) is 6.92 Å². The zero-order chi connectivity index (χ0) is 19.2. The summed E-state index contributed by atoms with van der Waals surface area (Å²) in [6, 6.07) is 12.1. The smallest absolute Gasteiger partial charge is 0.203 e. The molecule has 0 amide bonds. The van der Waals surface area contributed by atoms with E-state index < -0.39 is 0 Å². The summed E-state index contributed by atoms with van der Waals surface area (Å²) in [5.41, 5.74) is 7.12. The molecule has 0 saturated carbocycles. The highest BCUT2D eigenvalue weighted by Crippen LogP contribution is 2.36. The lowest BCUT2D eigenvalue weighted by atomic mass is 10.1. The minimum atomic E-state index is 0.567. The number of nitrogens with zero attached hydrogens (tertiary/aromatic N) is 2. The number of methoxy groups -OCH3 is 1. The van der Waals surface area contributed by atoms with Crippen molar-refractivity contribution in [1.82, 2.24) is 4.98 Å². The van der Waals surface area contributed by atoms with Gasteiger partial charge in [0.2, 0.25) is 5.13 Å². The van der Waals surface area contributed by atoms with E-state index in [0.717, 1.165) is 26.4 Å². The van der Waals surface area contributed by atoms with Gasteiger partial charge in [0.1, 0.15) is 0 Å². The molecular weight excluding hydrogens is 426 g/mol. The molecule has 2 aromatic carbocycles. The van der Waals surface area contributed by atoms with Crippen molar-refractivity contribution >= 4 is 38.6 Å². The van der Waals surface area contributed by atoms with Gasteiger partial charge in [-0.15, -0.1) is 11.3 Å². The third-order valence-electron chi connectivity index (χ3n) is 3.77. The molecule has 5 nitrogen and oxygen atoms in total. The molecule has 0 radical (unpaired) electrons. The molecular formula is C20H20BrN3O2S. The molecule has 1 aromatic heterocycles. The number of ether oxygens (including phenoxy) is 2. The average molecular weight is 446 g/mol. The van der Waals surface area contributed by atoms with E-state index in [1.165, 1.54) is 16.9 Å². The van der Waals surface area contributed by atoms with Crippen LogP contribution in [-0.2, 0) is 0 Å². The highest BCUT2D eigenvalue weighted by Gasteiger charge is 2.10. The highest BCUT2D eigenvalue weighted by molar-refractivity contribution is 9.10. The number of anilines is 1. The summed E-state index contributed by atoms with van der Waals surface area (Å²) in [5, 5.41) is 7.03. The quantitative estimate of drug-likeness (QED) is 0.372. The van der Waals surface area contributed by atoms with E-state index >= 15 is 0 Å². The zero-order valence-electron chi connectivity index (χ0n) is 15.3. The maximum Gasteiger partial charge on any atom is 0.203 e. The van der Waals surface area contributed by atoms with Gasteiger partial charge in [-0.25, -0.2) is 4.98 Å². The number of rotatable bonds is 7. The van der Waals surface area contributed by atoms with E-state index in [-0.39, 0.29) is 0 Å². The molecule has 0 aliphatic rings. The number of aryl methyl sites for hydroxylation is 1. The number of halogens is 1. The number of thiazole rings is 1. The minimum absolute atomic E-state index is 0.567. The molecule has 3 rings (SSSR count). The SMILES string of the molecule is CCOc1c(Br)cc(/C=N\Nc2nc(-c3ccc(C)cc3)cs2)cc1OC. The van der Waals surface area contributed by atoms with Crippen LogP contribution in [0.15, 0.2) is 51.4 Å². The summed E-state index contributed by atoms with van der Waals surface area (Å²) in [6.07, 6.45) is 1.72. The molecule has 0 bridgehead atoms. The number of hydrogen-bond donors (Lipinski definition) is 1. The van der Waals surface area contributed by atoms with Crippen molar-refractivity contribution in [2.75, 3.05) is 19.1 Å². The van der Waals surface area contributed by atoms with E-state index in [0.29, 0.717) is 18.1 Å². The Kier molecular flexibility index (Phi) is 6.47. The third-order valence-corrected chi connectivity index (χ3v) is 5.10. The highest BCUT2D eigenvalue weighted by atomic mass is 79.9. The van der Waals surface area contributed by atoms with Gasteiger partial charge in [-0.3, -0.25) is 5.43 Å². The van der Waals surface area contributed by atoms with Crippen LogP contribution in [-0.4, -0.2) is 24.9 Å². The van der Waals surface area contributed by atoms with Crippen molar-refractivity contribution in [1.29, 1.82) is 0 Å². The maximum absolute atomic E-state index is 5.60. The Morgan fingerprint density at radius 2 is 2.04 bits per heavy atom. The summed E-state index contributed by atoms with van der Waals surface area (Å²) in [6.45, 7) is 4.57. The summed E-state index contributed by atoms with van der Waals surface area (Å²) in [5.74, 6) is 1.34. The standard InChI is InChI=1S/C20H20BrN3O2S/c1-4-26-19-16(21)9-14(10-18(19)25-3)11-22-24-20-23-17(12-27-20)15-7-5-13(2)6-8-15/h5-12H,4H2,1-3H3,(H,23,24)/b22-11-. The molecule has 0 atom stereocenters. The van der Waals surface area contributed by atoms with Crippen LogP contribution in [0.1, 0.15) is 18.1 Å². The lowest BCUT2D eigenvalue weighted by Crippen LogP contribution is -1.98. The Morgan fingerprint density at radius 3 is 2.74 bits per heavy atom. The van der Waals surface area contributed by atoms with Gasteiger partial charge in [-0.05, 0) is 47.5 Å². The van der Waals surface area contributed by atoms with Crippen LogP contribution in [0.25, 0.3) is 11.3 Å². The predicted molar refractivity (Wildman–Crippen MR) is 115 cm³/mol. The molecule has 1 N–H and O–H groups in total. The van der Waals surface area contributed by atoms with Crippen molar-refractivity contribution in [3.05, 3.63) is 57.4 Å². The molecule has 1 heterocycles. The zero-order valence-corrected chi connectivity index (χ0v) is 17.7. The molecule has 7 heteroatoms. The number of aromatic nitrogens is 1. The van der Waals surface area contributed by atoms with Crippen molar-refractivity contribution in [2.45, 2.75) is 13.8 Å². The Morgan fingerprint density at radius 1 is 1.26 bits per heavy atom. The molecule has 3 aromatic rings. The monoisotopic (exact) mass is 445 g/mol. The molecule has 27 heavy (non-hydrogen) atoms. The Labute approximate surface area is 171 Å². The van der Waals surface area contributed by atoms with Crippen molar-refractivity contribution < 1.29 is 9.47 Å². The number of hydrogen-bond acceptors (Lipinski definition) is 6. The van der Waals surface area contributed by atoms with Gasteiger partial charge in [-0.1, -0.05) is 29.8 Å². The normalized spacial score (nSPS) is 11.0. The fourth-order valence-corrected chi connectivity index (χ4v) is 3.69. The van der Waals surface area contributed by atoms with Gasteiger partial charge in [-0.2, -0.15) is 5.10 Å². The number of hydrazone groups is 1. The van der Waals surface area contributed by atoms with Gasteiger partial charge in [0, 0.05) is 10.9 Å². The maximum atomic E-state index is 5.60. The first-order chi connectivity index (χ1) is 13.1. The Bertz CT molecular complexity index is 939. The van der Waals surface area contributed by atoms with E-state index in [2.05, 4.69) is 62.6 Å². The molecule has 140 valence electrons. The summed E-state index contributed by atoms with van der Waals surface area (Å²) in [7, 11) is 1.62. The van der Waals surface area contributed by atoms with Gasteiger partial charge in [0.15, 0.2) is 11.5 Å². The van der Waals surface area contributed by atoms with Crippen LogP contribution in [0.5, 0.6) is 11.5 Å².